The maximum atomic E-state index is 12.8. The molecule has 0 N–H and O–H groups in total. The molecule has 1 aromatic carbocycles. The van der Waals surface area contributed by atoms with Gasteiger partial charge in [0.1, 0.15) is 11.5 Å². The molecule has 36 heavy (non-hydrogen) atoms. The van der Waals surface area contributed by atoms with Gasteiger partial charge in [0.05, 0.1) is 35.8 Å². The summed E-state index contributed by atoms with van der Waals surface area (Å²) in [6.45, 7) is 11.5. The lowest BCUT2D eigenvalue weighted by atomic mass is 9.94. The number of benzene rings is 1. The SMILES string of the molecule is CCCCOc1cc(OCCCC)c(C(C)C)cc1-c1onc(C(=O)OCC)c1-c1ccsc1C=O. The van der Waals surface area contributed by atoms with Gasteiger partial charge in [-0.3, -0.25) is 4.79 Å². The van der Waals surface area contributed by atoms with Gasteiger partial charge in [0, 0.05) is 11.6 Å². The summed E-state index contributed by atoms with van der Waals surface area (Å²) in [4.78, 5) is 25.1. The van der Waals surface area contributed by atoms with Crippen LogP contribution in [0.2, 0.25) is 0 Å². The molecule has 0 fully saturated rings. The zero-order valence-electron chi connectivity index (χ0n) is 21.7. The van der Waals surface area contributed by atoms with Crippen LogP contribution >= 0.6 is 11.3 Å². The Kier molecular flexibility index (Phi) is 10.1. The molecule has 0 aliphatic heterocycles. The molecule has 0 spiro atoms. The minimum absolute atomic E-state index is 0.0298. The van der Waals surface area contributed by atoms with Crippen LogP contribution in [-0.2, 0) is 4.74 Å². The molecule has 194 valence electrons. The monoisotopic (exact) mass is 513 g/mol. The standard InChI is InChI=1S/C28H35NO6S/c1-6-9-12-33-22-16-23(34-13-10-7-2)21(15-20(22)18(4)5)27-25(19-11-14-36-24(19)17-30)26(29-35-27)28(31)32-8-3/h11,14-18H,6-10,12-13H2,1-5H3. The number of carbonyl (C=O) groups excluding carboxylic acids is 2. The van der Waals surface area contributed by atoms with Gasteiger partial charge in [-0.15, -0.1) is 11.3 Å². The third-order valence-corrected chi connectivity index (χ3v) is 6.56. The summed E-state index contributed by atoms with van der Waals surface area (Å²) in [7, 11) is 0. The van der Waals surface area contributed by atoms with E-state index in [4.69, 9.17) is 18.7 Å². The van der Waals surface area contributed by atoms with E-state index < -0.39 is 5.97 Å². The maximum absolute atomic E-state index is 12.8. The fourth-order valence-corrected chi connectivity index (χ4v) is 4.49. The van der Waals surface area contributed by atoms with Crippen LogP contribution < -0.4 is 9.47 Å². The van der Waals surface area contributed by atoms with E-state index in [1.807, 2.05) is 12.1 Å². The molecule has 0 amide bonds. The Balaban J connectivity index is 2.25. The number of aromatic nitrogens is 1. The minimum Gasteiger partial charge on any atom is -0.493 e. The first kappa shape index (κ1) is 27.5. The second-order valence-corrected chi connectivity index (χ2v) is 9.66. The number of aldehydes is 1. The number of nitrogens with zero attached hydrogens (tertiary/aromatic N) is 1. The molecule has 0 unspecified atom stereocenters. The first-order valence-electron chi connectivity index (χ1n) is 12.6. The molecule has 0 atom stereocenters. The highest BCUT2D eigenvalue weighted by molar-refractivity contribution is 7.12. The summed E-state index contributed by atoms with van der Waals surface area (Å²) in [6, 6.07) is 5.68. The van der Waals surface area contributed by atoms with E-state index >= 15 is 0 Å². The molecule has 2 aromatic heterocycles. The molecular weight excluding hydrogens is 478 g/mol. The summed E-state index contributed by atoms with van der Waals surface area (Å²) in [5, 5.41) is 5.89. The molecule has 0 aliphatic rings. The van der Waals surface area contributed by atoms with Gasteiger partial charge in [-0.2, -0.15) is 0 Å². The van der Waals surface area contributed by atoms with Crippen molar-refractivity contribution in [2.75, 3.05) is 19.8 Å². The van der Waals surface area contributed by atoms with Gasteiger partial charge in [0.2, 0.25) is 0 Å². The van der Waals surface area contributed by atoms with Gasteiger partial charge in [-0.25, -0.2) is 4.79 Å². The number of ether oxygens (including phenoxy) is 3. The Morgan fingerprint density at radius 1 is 1.06 bits per heavy atom. The number of unbranched alkanes of at least 4 members (excludes halogenated alkanes) is 2. The van der Waals surface area contributed by atoms with Crippen LogP contribution in [0.3, 0.4) is 0 Å². The summed E-state index contributed by atoms with van der Waals surface area (Å²) >= 11 is 1.29. The molecule has 0 saturated heterocycles. The summed E-state index contributed by atoms with van der Waals surface area (Å²) < 4.78 is 23.4. The van der Waals surface area contributed by atoms with Gasteiger partial charge < -0.3 is 18.7 Å². The second kappa shape index (κ2) is 13.3. The Labute approximate surface area is 216 Å². The molecule has 3 aromatic rings. The fourth-order valence-electron chi connectivity index (χ4n) is 3.79. The summed E-state index contributed by atoms with van der Waals surface area (Å²) in [5.41, 5.74) is 2.67. The van der Waals surface area contributed by atoms with E-state index in [1.165, 1.54) is 11.3 Å². The molecule has 2 heterocycles. The zero-order chi connectivity index (χ0) is 26.1. The number of carbonyl (C=O) groups is 2. The average molecular weight is 514 g/mol. The van der Waals surface area contributed by atoms with Crippen molar-refractivity contribution >= 4 is 23.6 Å². The highest BCUT2D eigenvalue weighted by Gasteiger charge is 2.30. The van der Waals surface area contributed by atoms with Crippen LogP contribution in [0.15, 0.2) is 28.1 Å². The van der Waals surface area contributed by atoms with Gasteiger partial charge >= 0.3 is 5.97 Å². The van der Waals surface area contributed by atoms with Gasteiger partial charge in [0.25, 0.3) is 0 Å². The van der Waals surface area contributed by atoms with Gasteiger partial charge in [0.15, 0.2) is 17.7 Å². The molecule has 8 heteroatoms. The minimum atomic E-state index is -0.609. The van der Waals surface area contributed by atoms with E-state index in [0.29, 0.717) is 46.3 Å². The topological polar surface area (TPSA) is 87.9 Å². The maximum Gasteiger partial charge on any atom is 0.361 e. The first-order valence-corrected chi connectivity index (χ1v) is 13.5. The molecule has 7 nitrogen and oxygen atoms in total. The predicted molar refractivity (Wildman–Crippen MR) is 141 cm³/mol. The number of thiophene rings is 1. The molecule has 3 rings (SSSR count). The first-order chi connectivity index (χ1) is 17.5. The van der Waals surface area contributed by atoms with Crippen LogP contribution in [0.4, 0.5) is 0 Å². The van der Waals surface area contributed by atoms with Crippen LogP contribution in [0.25, 0.3) is 22.5 Å². The van der Waals surface area contributed by atoms with Crippen LogP contribution in [0.5, 0.6) is 11.5 Å². The summed E-state index contributed by atoms with van der Waals surface area (Å²) in [5.74, 6) is 1.25. The lowest BCUT2D eigenvalue weighted by molar-refractivity contribution is 0.0515. The lowest BCUT2D eigenvalue weighted by Crippen LogP contribution is -2.07. The lowest BCUT2D eigenvalue weighted by Gasteiger charge is -2.19. The van der Waals surface area contributed by atoms with E-state index in [1.54, 1.807) is 18.4 Å². The van der Waals surface area contributed by atoms with Gasteiger partial charge in [-0.1, -0.05) is 45.7 Å². The zero-order valence-corrected chi connectivity index (χ0v) is 22.5. The van der Waals surface area contributed by atoms with E-state index in [9.17, 15) is 9.59 Å². The molecular formula is C28H35NO6S. The quantitative estimate of drug-likeness (QED) is 0.125. The van der Waals surface area contributed by atoms with E-state index in [-0.39, 0.29) is 18.2 Å². The Hall–Kier alpha value is -3.13. The van der Waals surface area contributed by atoms with Crippen molar-refractivity contribution in [3.8, 4) is 33.9 Å². The van der Waals surface area contributed by atoms with Crippen molar-refractivity contribution in [1.29, 1.82) is 0 Å². The summed E-state index contributed by atoms with van der Waals surface area (Å²) in [6.07, 6.45) is 4.63. The predicted octanol–water partition coefficient (Wildman–Crippen LogP) is 7.54. The largest absolute Gasteiger partial charge is 0.493 e. The Bertz CT molecular complexity index is 1160. The van der Waals surface area contributed by atoms with Crippen LogP contribution in [0, 0.1) is 0 Å². The second-order valence-electron chi connectivity index (χ2n) is 8.72. The van der Waals surface area contributed by atoms with Crippen LogP contribution in [-0.4, -0.2) is 37.2 Å². The molecule has 0 aliphatic carbocycles. The van der Waals surface area contributed by atoms with Crippen molar-refractivity contribution in [1.82, 2.24) is 5.16 Å². The van der Waals surface area contributed by atoms with E-state index in [0.717, 1.165) is 43.3 Å². The van der Waals surface area contributed by atoms with Crippen molar-refractivity contribution in [2.45, 2.75) is 66.2 Å². The normalized spacial score (nSPS) is 11.1. The average Bonchev–Trinajstić information content (AvgIpc) is 3.51. The number of hydrogen-bond donors (Lipinski definition) is 0. The fraction of sp³-hybridized carbons (Fsp3) is 0.464. The smallest absolute Gasteiger partial charge is 0.361 e. The van der Waals surface area contributed by atoms with Gasteiger partial charge in [-0.05, 0) is 48.8 Å². The third-order valence-electron chi connectivity index (χ3n) is 5.72. The number of esters is 1. The van der Waals surface area contributed by atoms with Crippen LogP contribution in [0.1, 0.15) is 91.9 Å². The van der Waals surface area contributed by atoms with Crippen molar-refractivity contribution in [3.05, 3.63) is 39.7 Å². The van der Waals surface area contributed by atoms with E-state index in [2.05, 4.69) is 32.9 Å². The molecule has 0 saturated carbocycles. The Morgan fingerprint density at radius 3 is 2.36 bits per heavy atom. The molecule has 0 bridgehead atoms. The Morgan fingerprint density at radius 2 is 1.75 bits per heavy atom. The van der Waals surface area contributed by atoms with Crippen molar-refractivity contribution < 1.29 is 28.3 Å². The molecule has 0 radical (unpaired) electrons. The highest BCUT2D eigenvalue weighted by atomic mass is 32.1. The third kappa shape index (κ3) is 6.16. The van der Waals surface area contributed by atoms with Crippen molar-refractivity contribution in [3.63, 3.8) is 0 Å². The highest BCUT2D eigenvalue weighted by Crippen LogP contribution is 2.45. The number of rotatable bonds is 14. The number of hydrogen-bond acceptors (Lipinski definition) is 8. The van der Waals surface area contributed by atoms with Crippen molar-refractivity contribution in [2.24, 2.45) is 0 Å².